The number of hydrogen-bond donors (Lipinski definition) is 2. The molecule has 0 aromatic carbocycles. The molecular formula is C10H20N2O2. The van der Waals surface area contributed by atoms with E-state index in [4.69, 9.17) is 0 Å². The lowest BCUT2D eigenvalue weighted by Gasteiger charge is -1.90. The minimum atomic E-state index is -0.440. The summed E-state index contributed by atoms with van der Waals surface area (Å²) in [5, 5.41) is 0. The standard InChI is InChI=1S/C6H8N2O2.2C2H6/c1-2-4-3-5(9)8-6(10)7-4;2*1-2/h3H,2H2,1H3,(H2,7,8,9,10);2*1-2H3. The number of aromatic nitrogens is 2. The number of rotatable bonds is 1. The highest BCUT2D eigenvalue weighted by atomic mass is 16.2. The lowest BCUT2D eigenvalue weighted by molar-refractivity contribution is 0.936. The Morgan fingerprint density at radius 2 is 1.57 bits per heavy atom. The normalized spacial score (nSPS) is 7.79. The van der Waals surface area contributed by atoms with Crippen LogP contribution in [-0.4, -0.2) is 9.97 Å². The Balaban J connectivity index is 0. The van der Waals surface area contributed by atoms with Crippen LogP contribution in [0, 0.1) is 0 Å². The van der Waals surface area contributed by atoms with E-state index >= 15 is 0 Å². The number of H-pyrrole nitrogens is 2. The zero-order chi connectivity index (χ0) is 11.6. The maximum atomic E-state index is 10.6. The number of aromatic amines is 2. The predicted molar refractivity (Wildman–Crippen MR) is 59.8 cm³/mol. The summed E-state index contributed by atoms with van der Waals surface area (Å²) in [6.45, 7) is 9.87. The van der Waals surface area contributed by atoms with Gasteiger partial charge < -0.3 is 4.98 Å². The third-order valence-electron chi connectivity index (χ3n) is 1.20. The Kier molecular flexibility index (Phi) is 10.6. The fourth-order valence-corrected chi connectivity index (χ4v) is 0.710. The van der Waals surface area contributed by atoms with Gasteiger partial charge in [-0.3, -0.25) is 9.78 Å². The topological polar surface area (TPSA) is 65.7 Å². The minimum absolute atomic E-state index is 0.347. The van der Waals surface area contributed by atoms with Gasteiger partial charge in [0.1, 0.15) is 0 Å². The molecule has 0 fully saturated rings. The summed E-state index contributed by atoms with van der Waals surface area (Å²) in [5.41, 5.74) is -0.126. The average Bonchev–Trinajstić information content (AvgIpc) is 2.22. The zero-order valence-electron chi connectivity index (χ0n) is 9.60. The second-order valence-corrected chi connectivity index (χ2v) is 1.97. The molecule has 1 aromatic rings. The molecule has 1 aromatic heterocycles. The van der Waals surface area contributed by atoms with Crippen LogP contribution in [0.1, 0.15) is 40.3 Å². The van der Waals surface area contributed by atoms with E-state index in [2.05, 4.69) is 9.97 Å². The zero-order valence-corrected chi connectivity index (χ0v) is 9.60. The van der Waals surface area contributed by atoms with Crippen LogP contribution >= 0.6 is 0 Å². The molecule has 0 unspecified atom stereocenters. The van der Waals surface area contributed by atoms with Gasteiger partial charge in [-0.25, -0.2) is 4.79 Å². The first kappa shape index (κ1) is 15.2. The van der Waals surface area contributed by atoms with Crippen LogP contribution in [0.4, 0.5) is 0 Å². The highest BCUT2D eigenvalue weighted by molar-refractivity contribution is 4.97. The highest BCUT2D eigenvalue weighted by Gasteiger charge is 1.90. The fraction of sp³-hybridized carbons (Fsp3) is 0.600. The number of aryl methyl sites for hydroxylation is 1. The lowest BCUT2D eigenvalue weighted by Crippen LogP contribution is -2.22. The third kappa shape index (κ3) is 6.22. The Bertz CT molecular complexity index is 297. The minimum Gasteiger partial charge on any atom is -0.311 e. The summed E-state index contributed by atoms with van der Waals surface area (Å²) in [4.78, 5) is 25.7. The molecular weight excluding hydrogens is 180 g/mol. The maximum absolute atomic E-state index is 10.6. The third-order valence-corrected chi connectivity index (χ3v) is 1.20. The van der Waals surface area contributed by atoms with E-state index in [9.17, 15) is 9.59 Å². The predicted octanol–water partition coefficient (Wildman–Crippen LogP) is 1.68. The van der Waals surface area contributed by atoms with Crippen molar-refractivity contribution in [3.05, 3.63) is 32.6 Å². The molecule has 0 aliphatic carbocycles. The van der Waals surface area contributed by atoms with Crippen molar-refractivity contribution in [3.63, 3.8) is 0 Å². The number of hydrogen-bond acceptors (Lipinski definition) is 2. The average molecular weight is 200 g/mol. The molecule has 0 atom stereocenters. The van der Waals surface area contributed by atoms with Gasteiger partial charge in [-0.2, -0.15) is 0 Å². The molecule has 1 rings (SSSR count). The Morgan fingerprint density at radius 3 is 1.93 bits per heavy atom. The van der Waals surface area contributed by atoms with E-state index in [1.54, 1.807) is 0 Å². The first-order chi connectivity index (χ1) is 6.72. The van der Waals surface area contributed by atoms with Crippen molar-refractivity contribution in [1.29, 1.82) is 0 Å². The monoisotopic (exact) mass is 200 g/mol. The summed E-state index contributed by atoms with van der Waals surface area (Å²) in [7, 11) is 0. The second-order valence-electron chi connectivity index (χ2n) is 1.97. The van der Waals surface area contributed by atoms with Gasteiger partial charge in [0, 0.05) is 11.8 Å². The van der Waals surface area contributed by atoms with E-state index in [1.807, 2.05) is 34.6 Å². The molecule has 82 valence electrons. The van der Waals surface area contributed by atoms with Crippen LogP contribution in [0.2, 0.25) is 0 Å². The Hall–Kier alpha value is -1.32. The van der Waals surface area contributed by atoms with Crippen LogP contribution < -0.4 is 11.2 Å². The highest BCUT2D eigenvalue weighted by Crippen LogP contribution is 1.83. The van der Waals surface area contributed by atoms with Gasteiger partial charge in [-0.1, -0.05) is 34.6 Å². The van der Waals surface area contributed by atoms with Crippen molar-refractivity contribution >= 4 is 0 Å². The second kappa shape index (κ2) is 9.77. The molecule has 0 spiro atoms. The summed E-state index contributed by atoms with van der Waals surface area (Å²) in [6.07, 6.45) is 0.666. The van der Waals surface area contributed by atoms with E-state index in [0.29, 0.717) is 12.1 Å². The van der Waals surface area contributed by atoms with Crippen LogP contribution in [0.3, 0.4) is 0 Å². The first-order valence-corrected chi connectivity index (χ1v) is 5.05. The molecule has 1 heterocycles. The van der Waals surface area contributed by atoms with Crippen molar-refractivity contribution in [2.24, 2.45) is 0 Å². The van der Waals surface area contributed by atoms with Crippen molar-refractivity contribution in [3.8, 4) is 0 Å². The summed E-state index contributed by atoms with van der Waals surface area (Å²) >= 11 is 0. The van der Waals surface area contributed by atoms with Crippen LogP contribution in [0.5, 0.6) is 0 Å². The van der Waals surface area contributed by atoms with E-state index in [1.165, 1.54) is 6.07 Å². The molecule has 14 heavy (non-hydrogen) atoms. The molecule has 0 saturated carbocycles. The molecule has 4 heteroatoms. The van der Waals surface area contributed by atoms with Crippen molar-refractivity contribution in [2.75, 3.05) is 0 Å². The van der Waals surface area contributed by atoms with Crippen molar-refractivity contribution in [2.45, 2.75) is 41.0 Å². The SMILES string of the molecule is CC.CC.CCc1cc(=O)[nH]c(=O)[nH]1. The van der Waals surface area contributed by atoms with Crippen LogP contribution in [0.25, 0.3) is 0 Å². The van der Waals surface area contributed by atoms with Crippen molar-refractivity contribution < 1.29 is 0 Å². The lowest BCUT2D eigenvalue weighted by atomic mass is 10.3. The quantitative estimate of drug-likeness (QED) is 0.724. The van der Waals surface area contributed by atoms with Gasteiger partial charge in [0.05, 0.1) is 0 Å². The van der Waals surface area contributed by atoms with Crippen molar-refractivity contribution in [1.82, 2.24) is 9.97 Å². The van der Waals surface area contributed by atoms with Gasteiger partial charge in [0.25, 0.3) is 5.56 Å². The van der Waals surface area contributed by atoms with E-state index in [0.717, 1.165) is 0 Å². The van der Waals surface area contributed by atoms with Gasteiger partial charge in [-0.05, 0) is 6.42 Å². The molecule has 2 N–H and O–H groups in total. The van der Waals surface area contributed by atoms with E-state index in [-0.39, 0.29) is 5.56 Å². The number of nitrogens with one attached hydrogen (secondary N) is 2. The molecule has 0 bridgehead atoms. The Morgan fingerprint density at radius 1 is 1.07 bits per heavy atom. The Labute approximate surface area is 84.4 Å². The smallest absolute Gasteiger partial charge is 0.311 e. The fourth-order valence-electron chi connectivity index (χ4n) is 0.710. The maximum Gasteiger partial charge on any atom is 0.325 e. The van der Waals surface area contributed by atoms with Gasteiger partial charge in [-0.15, -0.1) is 0 Å². The van der Waals surface area contributed by atoms with E-state index < -0.39 is 5.69 Å². The summed E-state index contributed by atoms with van der Waals surface area (Å²) in [5.74, 6) is 0. The molecule has 0 saturated heterocycles. The summed E-state index contributed by atoms with van der Waals surface area (Å²) in [6, 6.07) is 1.38. The van der Waals surface area contributed by atoms with Gasteiger partial charge in [0.2, 0.25) is 0 Å². The molecule has 0 aliphatic rings. The molecule has 0 radical (unpaired) electrons. The van der Waals surface area contributed by atoms with Gasteiger partial charge >= 0.3 is 5.69 Å². The van der Waals surface area contributed by atoms with Gasteiger partial charge in [0.15, 0.2) is 0 Å². The molecule has 0 amide bonds. The molecule has 4 nitrogen and oxygen atoms in total. The largest absolute Gasteiger partial charge is 0.325 e. The molecule has 0 aliphatic heterocycles. The first-order valence-electron chi connectivity index (χ1n) is 5.05. The van der Waals surface area contributed by atoms with Crippen LogP contribution in [0.15, 0.2) is 15.7 Å². The van der Waals surface area contributed by atoms with Crippen LogP contribution in [-0.2, 0) is 6.42 Å². The summed E-state index contributed by atoms with van der Waals surface area (Å²) < 4.78 is 0.